The zero-order valence-electron chi connectivity index (χ0n) is 31.6. The molecule has 0 radical (unpaired) electrons. The van der Waals surface area contributed by atoms with E-state index in [-0.39, 0.29) is 29.9 Å². The van der Waals surface area contributed by atoms with Crippen molar-refractivity contribution in [2.24, 2.45) is 0 Å². The van der Waals surface area contributed by atoms with Gasteiger partial charge in [-0.25, -0.2) is 13.2 Å². The van der Waals surface area contributed by atoms with Crippen LogP contribution < -0.4 is 10.9 Å². The summed E-state index contributed by atoms with van der Waals surface area (Å²) in [4.78, 5) is 50.1. The van der Waals surface area contributed by atoms with Gasteiger partial charge < -0.3 is 20.1 Å². The van der Waals surface area contributed by atoms with Crippen LogP contribution in [0.4, 0.5) is 11.4 Å². The number of H-pyrrole nitrogens is 1. The molecule has 0 unspecified atom stereocenters. The number of hydrogen-bond acceptors (Lipinski definition) is 14. The summed E-state index contributed by atoms with van der Waals surface area (Å²) in [6, 6.07) is 6.34. The van der Waals surface area contributed by atoms with Crippen molar-refractivity contribution in [3.8, 4) is 11.1 Å². The first-order valence-corrected chi connectivity index (χ1v) is 23.7. The summed E-state index contributed by atoms with van der Waals surface area (Å²) in [7, 11) is -21.7. The van der Waals surface area contributed by atoms with Crippen molar-refractivity contribution in [2.45, 2.75) is 38.8 Å². The number of anilines is 2. The Morgan fingerprint density at radius 1 is 0.806 bits per heavy atom. The van der Waals surface area contributed by atoms with Crippen molar-refractivity contribution in [1.29, 1.82) is 0 Å². The van der Waals surface area contributed by atoms with Crippen LogP contribution in [-0.2, 0) is 49.7 Å². The van der Waals surface area contributed by atoms with Crippen LogP contribution in [0.15, 0.2) is 127 Å². The minimum Gasteiger partial charge on any atom is -0.481 e. The SMILES string of the molecule is C=C1/C=C\C=C/C/C(COC(=O)c2c3c4c(c(Nc5c(S(=O)(=O)O)cc(S(=O)(=O)CCCC(=O)O)cc5S(=O)(=O)O)cc(S(=O)(=O)O)c4[nH]c2=O)C(=O)c2ccccc2-3)=C\C=C/1. The number of aromatic amines is 1. The molecule has 2 aliphatic carbocycles. The van der Waals surface area contributed by atoms with Gasteiger partial charge in [-0.1, -0.05) is 73.4 Å². The molecule has 0 aliphatic heterocycles. The zero-order valence-corrected chi connectivity index (χ0v) is 34.8. The van der Waals surface area contributed by atoms with Gasteiger partial charge in [-0.05, 0) is 47.8 Å². The van der Waals surface area contributed by atoms with Crippen LogP contribution >= 0.6 is 0 Å². The number of esters is 1. The summed E-state index contributed by atoms with van der Waals surface area (Å²) in [5, 5.41) is 10.6. The van der Waals surface area contributed by atoms with Gasteiger partial charge in [0.15, 0.2) is 15.6 Å². The predicted octanol–water partition coefficient (Wildman–Crippen LogP) is 4.57. The Balaban J connectivity index is 1.64. The molecule has 0 saturated heterocycles. The Morgan fingerprint density at radius 2 is 1.42 bits per heavy atom. The normalized spacial score (nSPS) is 16.7. The van der Waals surface area contributed by atoms with Crippen LogP contribution in [-0.4, -0.2) is 87.5 Å². The Hall–Kier alpha value is -6.34. The minimum absolute atomic E-state index is 0.115. The van der Waals surface area contributed by atoms with Gasteiger partial charge in [-0.3, -0.25) is 28.0 Å². The molecule has 0 amide bonds. The predicted molar refractivity (Wildman–Crippen MR) is 221 cm³/mol. The molecule has 0 saturated carbocycles. The van der Waals surface area contributed by atoms with Crippen molar-refractivity contribution in [1.82, 2.24) is 4.98 Å². The monoisotopic (exact) mass is 928 g/mol. The number of hydrogen-bond donors (Lipinski definition) is 6. The number of aromatic nitrogens is 1. The van der Waals surface area contributed by atoms with E-state index in [1.54, 1.807) is 42.5 Å². The van der Waals surface area contributed by atoms with Gasteiger partial charge in [0.1, 0.15) is 26.9 Å². The Bertz CT molecular complexity index is 3250. The van der Waals surface area contributed by atoms with Crippen LogP contribution in [0.2, 0.25) is 0 Å². The molecular weight excluding hydrogens is 897 g/mol. The third-order valence-corrected chi connectivity index (χ3v) is 13.8. The fraction of sp³-hybridized carbons (Fsp3) is 0.128. The van der Waals surface area contributed by atoms with Crippen LogP contribution in [0.25, 0.3) is 22.0 Å². The number of ketones is 1. The molecule has 6 rings (SSSR count). The zero-order chi connectivity index (χ0) is 45.5. The Morgan fingerprint density at radius 3 is 2.03 bits per heavy atom. The van der Waals surface area contributed by atoms with Gasteiger partial charge in [0, 0.05) is 22.9 Å². The Labute approximate surface area is 352 Å². The van der Waals surface area contributed by atoms with E-state index in [1.807, 2.05) is 0 Å². The van der Waals surface area contributed by atoms with Crippen LogP contribution in [0.1, 0.15) is 45.5 Å². The van der Waals surface area contributed by atoms with Crippen molar-refractivity contribution in [2.75, 3.05) is 17.7 Å². The molecule has 0 fully saturated rings. The highest BCUT2D eigenvalue weighted by Crippen LogP contribution is 2.46. The number of allylic oxidation sites excluding steroid dienone is 8. The van der Waals surface area contributed by atoms with Gasteiger partial charge in [-0.2, -0.15) is 25.3 Å². The molecule has 6 N–H and O–H groups in total. The third-order valence-electron chi connectivity index (χ3n) is 9.39. The van der Waals surface area contributed by atoms with E-state index in [2.05, 4.69) is 16.9 Å². The lowest BCUT2D eigenvalue weighted by Gasteiger charge is -2.25. The molecule has 0 spiro atoms. The highest BCUT2D eigenvalue weighted by Gasteiger charge is 2.38. The lowest BCUT2D eigenvalue weighted by molar-refractivity contribution is -0.137. The number of pyridine rings is 1. The molecule has 3 aromatic carbocycles. The lowest BCUT2D eigenvalue weighted by atomic mass is 9.81. The maximum Gasteiger partial charge on any atom is 0.344 e. The van der Waals surface area contributed by atoms with E-state index >= 15 is 0 Å². The lowest BCUT2D eigenvalue weighted by Crippen LogP contribution is -2.26. The number of carboxylic acid groups (broad SMARTS) is 1. The molecule has 4 aromatic rings. The fourth-order valence-corrected chi connectivity index (χ4v) is 10.3. The van der Waals surface area contributed by atoms with Crippen molar-refractivity contribution < 1.29 is 71.6 Å². The average molecular weight is 929 g/mol. The third kappa shape index (κ3) is 9.28. The first-order valence-electron chi connectivity index (χ1n) is 17.7. The highest BCUT2D eigenvalue weighted by atomic mass is 32.2. The highest BCUT2D eigenvalue weighted by molar-refractivity contribution is 7.91. The first-order chi connectivity index (χ1) is 28.9. The summed E-state index contributed by atoms with van der Waals surface area (Å²) in [6.07, 6.45) is 11.0. The molecular formula is C39H32N2O17S4. The summed E-state index contributed by atoms with van der Waals surface area (Å²) in [5.74, 6) is -4.67. The fourth-order valence-electron chi connectivity index (χ4n) is 6.67. The van der Waals surface area contributed by atoms with Gasteiger partial charge in [0.25, 0.3) is 35.9 Å². The quantitative estimate of drug-likeness (QED) is 0.0695. The summed E-state index contributed by atoms with van der Waals surface area (Å²) >= 11 is 0. The Kier molecular flexibility index (Phi) is 12.3. The molecule has 1 aromatic heterocycles. The number of benzene rings is 3. The van der Waals surface area contributed by atoms with Crippen LogP contribution in [0.3, 0.4) is 0 Å². The molecule has 19 nitrogen and oxygen atoms in total. The van der Waals surface area contributed by atoms with E-state index in [0.717, 1.165) is 0 Å². The number of carbonyl (C=O) groups is 3. The standard InChI is InChI=1S/C39H32N2O17S4/c1-21-9-3-2-4-11-22(12-7-10-21)20-58-39(46)34-31-24-13-5-6-14-25(24)37(44)32-26(19-29(62(55,56)57)36(33(31)32)41-38(34)45)40-35-27(60(49,50)51)17-23(18-28(35)61(52,53)54)59(47,48)16-8-15-30(42)43/h2-7,9-10,12-14,17-19,40H,1,8,11,15-16,20H2,(H,41,45)(H,42,43)(H,49,50,51)(H,52,53,54)(H,55,56,57)/b4-2-,9-3-,10-7-,22-12+. The van der Waals surface area contributed by atoms with E-state index in [1.165, 1.54) is 24.3 Å². The topological polar surface area (TPSA) is 323 Å². The molecule has 0 bridgehead atoms. The smallest absolute Gasteiger partial charge is 0.344 e. The second kappa shape index (κ2) is 16.8. The number of aliphatic carboxylic acids is 1. The average Bonchev–Trinajstić information content (AvgIpc) is 3.16. The number of carboxylic acids is 1. The molecule has 0 atom stereocenters. The molecule has 2 aliphatic rings. The molecule has 324 valence electrons. The van der Waals surface area contributed by atoms with Gasteiger partial charge in [0.05, 0.1) is 33.1 Å². The van der Waals surface area contributed by atoms with Crippen molar-refractivity contribution in [3.63, 3.8) is 0 Å². The number of nitrogens with one attached hydrogen (secondary N) is 2. The van der Waals surface area contributed by atoms with Crippen molar-refractivity contribution in [3.05, 3.63) is 130 Å². The van der Waals surface area contributed by atoms with Gasteiger partial charge in [-0.15, -0.1) is 0 Å². The molecule has 62 heavy (non-hydrogen) atoms. The first kappa shape index (κ1) is 45.2. The van der Waals surface area contributed by atoms with Crippen molar-refractivity contribution >= 4 is 80.2 Å². The number of rotatable bonds is 13. The summed E-state index contributed by atoms with van der Waals surface area (Å²) < 4.78 is 140. The maximum absolute atomic E-state index is 14.5. The number of carbonyl (C=O) groups excluding carboxylic acids is 2. The number of ether oxygens (including phenoxy) is 1. The van der Waals surface area contributed by atoms with Gasteiger partial charge in [0.2, 0.25) is 0 Å². The summed E-state index contributed by atoms with van der Waals surface area (Å²) in [5.41, 5.74) is -5.23. The largest absolute Gasteiger partial charge is 0.481 e. The number of sulfone groups is 1. The second-order valence-electron chi connectivity index (χ2n) is 13.6. The van der Waals surface area contributed by atoms with E-state index < -0.39 is 141 Å². The minimum atomic E-state index is -5.74. The molecule has 1 heterocycles. The van der Waals surface area contributed by atoms with E-state index in [9.17, 15) is 66.5 Å². The van der Waals surface area contributed by atoms with Gasteiger partial charge >= 0.3 is 11.9 Å². The summed E-state index contributed by atoms with van der Waals surface area (Å²) in [6.45, 7) is 3.49. The van der Waals surface area contributed by atoms with Crippen LogP contribution in [0.5, 0.6) is 0 Å². The molecule has 23 heteroatoms. The van der Waals surface area contributed by atoms with E-state index in [0.29, 0.717) is 23.6 Å². The maximum atomic E-state index is 14.5. The van der Waals surface area contributed by atoms with E-state index in [4.69, 9.17) is 9.84 Å². The second-order valence-corrected chi connectivity index (χ2v) is 19.9. The number of fused-ring (bicyclic) bond motifs is 2. The van der Waals surface area contributed by atoms with Crippen LogP contribution in [0, 0.1) is 0 Å².